The molecule has 0 aromatic heterocycles. The fourth-order valence-corrected chi connectivity index (χ4v) is 4.81. The van der Waals surface area contributed by atoms with Crippen LogP contribution in [0.15, 0.2) is 60.7 Å². The van der Waals surface area contributed by atoms with Crippen molar-refractivity contribution in [1.29, 1.82) is 0 Å². The van der Waals surface area contributed by atoms with Gasteiger partial charge in [0.05, 0.1) is 5.41 Å². The van der Waals surface area contributed by atoms with Crippen LogP contribution in [0.1, 0.15) is 38.3 Å². The van der Waals surface area contributed by atoms with Crippen molar-refractivity contribution in [1.82, 2.24) is 4.90 Å². The fraction of sp³-hybridized carbons (Fsp3) is 0.462. The highest BCUT2D eigenvalue weighted by atomic mass is 19.4. The van der Waals surface area contributed by atoms with Crippen molar-refractivity contribution >= 4 is 11.9 Å². The van der Waals surface area contributed by atoms with Crippen molar-refractivity contribution in [2.24, 2.45) is 5.92 Å². The predicted octanol–water partition coefficient (Wildman–Crippen LogP) is 4.85. The molecule has 8 heteroatoms. The molecular weight excluding hydrogens is 447 g/mol. The summed E-state index contributed by atoms with van der Waals surface area (Å²) in [6.07, 6.45) is -5.64. The number of alkyl halides is 3. The normalized spacial score (nSPS) is 22.4. The second-order valence-electron chi connectivity index (χ2n) is 8.48. The number of ether oxygens (including phenoxy) is 2. The SMILES string of the molecule is CCN(CC)C(=O)[C@@]1(c2ccccc2)C[C@H]1[C@H](C)OC(=O)C(OC)(c1ccccc1)C(F)(F)F. The summed E-state index contributed by atoms with van der Waals surface area (Å²) in [5.41, 5.74) is -3.83. The smallest absolute Gasteiger partial charge is 0.432 e. The van der Waals surface area contributed by atoms with Gasteiger partial charge in [0.15, 0.2) is 0 Å². The molecule has 1 amide bonds. The third-order valence-electron chi connectivity index (χ3n) is 6.77. The quantitative estimate of drug-likeness (QED) is 0.485. The monoisotopic (exact) mass is 477 g/mol. The zero-order valence-electron chi connectivity index (χ0n) is 19.8. The van der Waals surface area contributed by atoms with E-state index in [0.717, 1.165) is 12.7 Å². The predicted molar refractivity (Wildman–Crippen MR) is 121 cm³/mol. The lowest BCUT2D eigenvalue weighted by Crippen LogP contribution is -2.52. The Morgan fingerprint density at radius 2 is 1.56 bits per heavy atom. The van der Waals surface area contributed by atoms with E-state index in [4.69, 9.17) is 9.47 Å². The highest BCUT2D eigenvalue weighted by molar-refractivity contribution is 5.92. The Hall–Kier alpha value is -2.87. The molecule has 184 valence electrons. The largest absolute Gasteiger partial charge is 0.460 e. The number of benzene rings is 2. The van der Waals surface area contributed by atoms with E-state index in [9.17, 15) is 22.8 Å². The van der Waals surface area contributed by atoms with E-state index in [1.807, 2.05) is 44.2 Å². The van der Waals surface area contributed by atoms with E-state index in [1.54, 1.807) is 11.0 Å². The van der Waals surface area contributed by atoms with Gasteiger partial charge in [0.1, 0.15) is 6.10 Å². The van der Waals surface area contributed by atoms with Crippen LogP contribution in [0.4, 0.5) is 13.2 Å². The van der Waals surface area contributed by atoms with E-state index in [-0.39, 0.29) is 11.5 Å². The molecule has 0 radical (unpaired) electrons. The highest BCUT2D eigenvalue weighted by Gasteiger charge is 2.67. The number of amides is 1. The van der Waals surface area contributed by atoms with Crippen LogP contribution in [0, 0.1) is 5.92 Å². The van der Waals surface area contributed by atoms with Crippen LogP contribution >= 0.6 is 0 Å². The third kappa shape index (κ3) is 4.19. The summed E-state index contributed by atoms with van der Waals surface area (Å²) in [5, 5.41) is 0. The maximum atomic E-state index is 14.2. The van der Waals surface area contributed by atoms with Crippen LogP contribution in [-0.2, 0) is 30.1 Å². The zero-order chi connectivity index (χ0) is 25.1. The number of hydrogen-bond acceptors (Lipinski definition) is 4. The van der Waals surface area contributed by atoms with E-state index >= 15 is 0 Å². The van der Waals surface area contributed by atoms with E-state index in [1.165, 1.54) is 31.2 Å². The summed E-state index contributed by atoms with van der Waals surface area (Å²) in [6.45, 7) is 6.28. The standard InChI is InChI=1S/C26H30F3NO4/c1-5-30(6-2)22(31)24(19-13-9-7-10-14-19)17-21(24)18(3)34-23(32)25(33-4,26(27,28)29)20-15-11-8-12-16-20/h7-16,18,21H,5-6,17H2,1-4H3/t18-,21-,24+,25?/m0/s1. The zero-order valence-corrected chi connectivity index (χ0v) is 19.8. The molecule has 0 N–H and O–H groups in total. The number of hydrogen-bond donors (Lipinski definition) is 0. The number of halogens is 3. The molecule has 34 heavy (non-hydrogen) atoms. The molecule has 1 saturated carbocycles. The molecule has 4 atom stereocenters. The first-order chi connectivity index (χ1) is 16.1. The molecule has 1 aliphatic rings. The Morgan fingerprint density at radius 3 is 2.03 bits per heavy atom. The first-order valence-electron chi connectivity index (χ1n) is 11.3. The van der Waals surface area contributed by atoms with Crippen LogP contribution in [-0.4, -0.2) is 49.3 Å². The summed E-state index contributed by atoms with van der Waals surface area (Å²) >= 11 is 0. The van der Waals surface area contributed by atoms with Crippen LogP contribution in [0.25, 0.3) is 0 Å². The van der Waals surface area contributed by atoms with Crippen LogP contribution < -0.4 is 0 Å². The number of esters is 1. The van der Waals surface area contributed by atoms with E-state index in [2.05, 4.69) is 0 Å². The number of likely N-dealkylation sites (N-methyl/N-ethyl adjacent to an activating group) is 1. The van der Waals surface area contributed by atoms with Gasteiger partial charge in [0, 0.05) is 31.7 Å². The summed E-state index contributed by atoms with van der Waals surface area (Å²) in [4.78, 5) is 28.3. The number of methoxy groups -OCH3 is 1. The second kappa shape index (κ2) is 9.78. The van der Waals surface area contributed by atoms with Gasteiger partial charge >= 0.3 is 12.1 Å². The van der Waals surface area contributed by atoms with Gasteiger partial charge < -0.3 is 14.4 Å². The minimum Gasteiger partial charge on any atom is -0.460 e. The average Bonchev–Trinajstić information content (AvgIpc) is 3.58. The number of rotatable bonds is 9. The number of nitrogens with zero attached hydrogens (tertiary/aromatic N) is 1. The first kappa shape index (κ1) is 25.7. The van der Waals surface area contributed by atoms with Gasteiger partial charge in [-0.1, -0.05) is 60.7 Å². The minimum atomic E-state index is -5.06. The molecular formula is C26H30F3NO4. The van der Waals surface area contributed by atoms with Gasteiger partial charge in [-0.25, -0.2) is 4.79 Å². The van der Waals surface area contributed by atoms with Gasteiger partial charge in [-0.2, -0.15) is 13.2 Å². The van der Waals surface area contributed by atoms with E-state index < -0.39 is 35.2 Å². The molecule has 0 spiro atoms. The van der Waals surface area contributed by atoms with Gasteiger partial charge in [-0.3, -0.25) is 4.79 Å². The molecule has 0 saturated heterocycles. The van der Waals surface area contributed by atoms with Crippen molar-refractivity contribution in [3.63, 3.8) is 0 Å². The van der Waals surface area contributed by atoms with Crippen molar-refractivity contribution in [3.8, 4) is 0 Å². The van der Waals surface area contributed by atoms with Crippen molar-refractivity contribution in [2.75, 3.05) is 20.2 Å². The topological polar surface area (TPSA) is 55.8 Å². The minimum absolute atomic E-state index is 0.117. The van der Waals surface area contributed by atoms with Crippen molar-refractivity contribution in [3.05, 3.63) is 71.8 Å². The van der Waals surface area contributed by atoms with Crippen LogP contribution in [0.2, 0.25) is 0 Å². The Labute approximate surface area is 197 Å². The maximum absolute atomic E-state index is 14.2. The lowest BCUT2D eigenvalue weighted by molar-refractivity contribution is -0.278. The molecule has 0 aliphatic heterocycles. The second-order valence-corrected chi connectivity index (χ2v) is 8.48. The number of carbonyl (C=O) groups excluding carboxylic acids is 2. The Balaban J connectivity index is 1.94. The highest BCUT2D eigenvalue weighted by Crippen LogP contribution is 2.58. The van der Waals surface area contributed by atoms with Gasteiger partial charge in [0.25, 0.3) is 5.60 Å². The fourth-order valence-electron chi connectivity index (χ4n) is 4.81. The van der Waals surface area contributed by atoms with Crippen molar-refractivity contribution < 1.29 is 32.2 Å². The lowest BCUT2D eigenvalue weighted by atomic mass is 9.89. The molecule has 1 unspecified atom stereocenters. The molecule has 1 aliphatic carbocycles. The van der Waals surface area contributed by atoms with Gasteiger partial charge in [0.2, 0.25) is 5.91 Å². The summed E-state index contributed by atoms with van der Waals surface area (Å²) < 4.78 is 53.0. The first-order valence-corrected chi connectivity index (χ1v) is 11.3. The molecule has 2 aromatic carbocycles. The lowest BCUT2D eigenvalue weighted by Gasteiger charge is -2.34. The molecule has 0 heterocycles. The van der Waals surface area contributed by atoms with Gasteiger partial charge in [-0.15, -0.1) is 0 Å². The summed E-state index contributed by atoms with van der Waals surface area (Å²) in [7, 11) is 0.835. The Kier molecular flexibility index (Phi) is 7.41. The Morgan fingerprint density at radius 1 is 1.03 bits per heavy atom. The molecule has 3 rings (SSSR count). The van der Waals surface area contributed by atoms with E-state index in [0.29, 0.717) is 19.5 Å². The molecule has 2 aromatic rings. The van der Waals surface area contributed by atoms with Crippen molar-refractivity contribution in [2.45, 2.75) is 50.5 Å². The molecule has 1 fully saturated rings. The Bertz CT molecular complexity index is 994. The third-order valence-corrected chi connectivity index (χ3v) is 6.77. The van der Waals surface area contributed by atoms with Crippen LogP contribution in [0.5, 0.6) is 0 Å². The number of carbonyl (C=O) groups is 2. The summed E-state index contributed by atoms with van der Waals surface area (Å²) in [6, 6.07) is 15.8. The average molecular weight is 478 g/mol. The van der Waals surface area contributed by atoms with Gasteiger partial charge in [-0.05, 0) is 32.8 Å². The van der Waals surface area contributed by atoms with Crippen LogP contribution in [0.3, 0.4) is 0 Å². The maximum Gasteiger partial charge on any atom is 0.432 e. The molecule has 5 nitrogen and oxygen atoms in total. The molecule has 0 bridgehead atoms. The summed E-state index contributed by atoms with van der Waals surface area (Å²) in [5.74, 6) is -2.13.